The van der Waals surface area contributed by atoms with Crippen molar-refractivity contribution in [2.24, 2.45) is 11.8 Å². The van der Waals surface area contributed by atoms with Gasteiger partial charge in [-0.1, -0.05) is 0 Å². The number of hydrogen-bond donors (Lipinski definition) is 1. The number of aromatic nitrogens is 2. The monoisotopic (exact) mass is 296 g/mol. The van der Waals surface area contributed by atoms with E-state index in [-0.39, 0.29) is 5.03 Å². The molecule has 0 unspecified atom stereocenters. The molecule has 1 N–H and O–H groups in total. The van der Waals surface area contributed by atoms with Gasteiger partial charge in [0.2, 0.25) is 0 Å². The lowest BCUT2D eigenvalue weighted by Crippen LogP contribution is -2.32. The highest BCUT2D eigenvalue weighted by molar-refractivity contribution is 7.89. The molecule has 0 radical (unpaired) electrons. The van der Waals surface area contributed by atoms with Gasteiger partial charge < -0.3 is 9.88 Å². The predicted molar refractivity (Wildman–Crippen MR) is 73.8 cm³/mol. The quantitative estimate of drug-likeness (QED) is 0.838. The Bertz CT molecular complexity index is 589. The van der Waals surface area contributed by atoms with Gasteiger partial charge in [0.15, 0.2) is 5.03 Å². The van der Waals surface area contributed by atoms with Gasteiger partial charge in [-0.25, -0.2) is 13.4 Å². The second-order valence-electron chi connectivity index (χ2n) is 6.15. The molecule has 0 bridgehead atoms. The molecule has 0 amide bonds. The van der Waals surface area contributed by atoms with E-state index in [1.54, 1.807) is 10.5 Å². The average Bonchev–Trinajstić information content (AvgIpc) is 3.11. The van der Waals surface area contributed by atoms with Crippen molar-refractivity contribution in [1.82, 2.24) is 19.2 Å². The summed E-state index contributed by atoms with van der Waals surface area (Å²) in [6.07, 6.45) is 4.85. The van der Waals surface area contributed by atoms with Crippen LogP contribution in [0, 0.1) is 11.8 Å². The Hall–Kier alpha value is -0.920. The maximum Gasteiger partial charge on any atom is 0.262 e. The second kappa shape index (κ2) is 4.54. The molecule has 2 saturated heterocycles. The molecule has 4 rings (SSSR count). The molecule has 2 atom stereocenters. The summed E-state index contributed by atoms with van der Waals surface area (Å²) in [4.78, 5) is 4.38. The smallest absolute Gasteiger partial charge is 0.262 e. The first-order valence-corrected chi connectivity index (χ1v) is 8.85. The van der Waals surface area contributed by atoms with Gasteiger partial charge in [-0.05, 0) is 37.8 Å². The van der Waals surface area contributed by atoms with Crippen molar-refractivity contribution in [3.63, 3.8) is 0 Å². The molecule has 1 aromatic rings. The lowest BCUT2D eigenvalue weighted by Gasteiger charge is -2.15. The maximum absolute atomic E-state index is 12.7. The van der Waals surface area contributed by atoms with Crippen molar-refractivity contribution >= 4 is 10.0 Å². The molecule has 1 aromatic heterocycles. The summed E-state index contributed by atoms with van der Waals surface area (Å²) in [7, 11) is -3.40. The Kier molecular flexibility index (Phi) is 2.90. The van der Waals surface area contributed by atoms with Crippen LogP contribution in [0.25, 0.3) is 0 Å². The van der Waals surface area contributed by atoms with Crippen molar-refractivity contribution < 1.29 is 8.42 Å². The number of imidazole rings is 1. The van der Waals surface area contributed by atoms with Gasteiger partial charge in [-0.2, -0.15) is 4.31 Å². The molecule has 7 heteroatoms. The van der Waals surface area contributed by atoms with E-state index in [4.69, 9.17) is 0 Å². The summed E-state index contributed by atoms with van der Waals surface area (Å²) in [5.41, 5.74) is 0. The number of sulfonamides is 1. The topological polar surface area (TPSA) is 67.2 Å². The number of rotatable bonds is 2. The summed E-state index contributed by atoms with van der Waals surface area (Å²) in [6.45, 7) is 4.06. The van der Waals surface area contributed by atoms with Gasteiger partial charge in [0, 0.05) is 32.3 Å². The minimum absolute atomic E-state index is 0.252. The average molecular weight is 296 g/mol. The summed E-state index contributed by atoms with van der Waals surface area (Å²) < 4.78 is 29.1. The van der Waals surface area contributed by atoms with Crippen LogP contribution < -0.4 is 5.32 Å². The van der Waals surface area contributed by atoms with Gasteiger partial charge in [-0.15, -0.1) is 0 Å². The van der Waals surface area contributed by atoms with E-state index in [0.29, 0.717) is 24.9 Å². The Labute approximate surface area is 119 Å². The number of aryl methyl sites for hydroxylation is 2. The molecule has 20 heavy (non-hydrogen) atoms. The molecule has 3 aliphatic rings. The maximum atomic E-state index is 12.7. The molecular formula is C13H20N4O2S. The normalized spacial score (nSPS) is 30.4. The number of fused-ring (bicyclic) bond motifs is 2. The van der Waals surface area contributed by atoms with Crippen molar-refractivity contribution in [2.75, 3.05) is 26.2 Å². The predicted octanol–water partition coefficient (Wildman–Crippen LogP) is 0.0593. The third-order valence-electron chi connectivity index (χ3n) is 4.85. The van der Waals surface area contributed by atoms with Crippen molar-refractivity contribution in [3.8, 4) is 0 Å². The van der Waals surface area contributed by atoms with E-state index in [0.717, 1.165) is 44.7 Å². The highest BCUT2D eigenvalue weighted by atomic mass is 32.2. The number of hydrogen-bond acceptors (Lipinski definition) is 4. The molecule has 6 nitrogen and oxygen atoms in total. The first-order chi connectivity index (χ1) is 9.64. The molecule has 3 aliphatic heterocycles. The zero-order chi connectivity index (χ0) is 13.7. The fourth-order valence-electron chi connectivity index (χ4n) is 3.65. The Balaban J connectivity index is 1.62. The minimum Gasteiger partial charge on any atom is -0.333 e. The number of nitrogens with one attached hydrogen (secondary N) is 1. The fourth-order valence-corrected chi connectivity index (χ4v) is 5.17. The van der Waals surface area contributed by atoms with Crippen LogP contribution in [0.15, 0.2) is 11.2 Å². The van der Waals surface area contributed by atoms with Crippen LogP contribution in [0.5, 0.6) is 0 Å². The second-order valence-corrected chi connectivity index (χ2v) is 8.03. The van der Waals surface area contributed by atoms with Gasteiger partial charge in [-0.3, -0.25) is 0 Å². The third-order valence-corrected chi connectivity index (χ3v) is 6.55. The van der Waals surface area contributed by atoms with E-state index in [2.05, 4.69) is 10.3 Å². The van der Waals surface area contributed by atoms with Crippen LogP contribution in [0.3, 0.4) is 0 Å². The summed E-state index contributed by atoms with van der Waals surface area (Å²) >= 11 is 0. The van der Waals surface area contributed by atoms with Crippen molar-refractivity contribution in [3.05, 3.63) is 12.0 Å². The van der Waals surface area contributed by atoms with E-state index < -0.39 is 10.0 Å². The molecule has 0 saturated carbocycles. The lowest BCUT2D eigenvalue weighted by molar-refractivity contribution is 0.446. The van der Waals surface area contributed by atoms with Gasteiger partial charge in [0.05, 0.1) is 0 Å². The standard InChI is InChI=1S/C13H20N4O2S/c18-20(19,17-7-10-5-14-6-11(10)8-17)13-9-16-4-2-1-3-12(16)15-13/h9-11,14H,1-8H2/t10-,11+. The van der Waals surface area contributed by atoms with Crippen LogP contribution >= 0.6 is 0 Å². The summed E-state index contributed by atoms with van der Waals surface area (Å²) in [5.74, 6) is 1.87. The van der Waals surface area contributed by atoms with Crippen LogP contribution in [-0.4, -0.2) is 48.5 Å². The Morgan fingerprint density at radius 1 is 1.20 bits per heavy atom. The highest BCUT2D eigenvalue weighted by Crippen LogP contribution is 2.31. The van der Waals surface area contributed by atoms with Crippen LogP contribution in [-0.2, 0) is 23.0 Å². The lowest BCUT2D eigenvalue weighted by atomic mass is 10.0. The van der Waals surface area contributed by atoms with Crippen molar-refractivity contribution in [1.29, 1.82) is 0 Å². The van der Waals surface area contributed by atoms with Gasteiger partial charge in [0.25, 0.3) is 10.0 Å². The summed E-state index contributed by atoms with van der Waals surface area (Å²) in [6, 6.07) is 0. The largest absolute Gasteiger partial charge is 0.333 e. The SMILES string of the molecule is O=S(=O)(c1cn2c(n1)CCCC2)N1C[C@H]2CNC[C@H]2C1. The minimum atomic E-state index is -3.40. The van der Waals surface area contributed by atoms with Gasteiger partial charge in [0.1, 0.15) is 5.82 Å². The molecular weight excluding hydrogens is 276 g/mol. The molecule has 2 fully saturated rings. The Morgan fingerprint density at radius 3 is 2.65 bits per heavy atom. The molecule has 0 aromatic carbocycles. The summed E-state index contributed by atoms with van der Waals surface area (Å²) in [5, 5.41) is 3.59. The third kappa shape index (κ3) is 1.91. The zero-order valence-electron chi connectivity index (χ0n) is 11.5. The fraction of sp³-hybridized carbons (Fsp3) is 0.769. The molecule has 110 valence electrons. The van der Waals surface area contributed by atoms with E-state index in [9.17, 15) is 8.42 Å². The molecule has 0 spiro atoms. The number of nitrogens with zero attached hydrogens (tertiary/aromatic N) is 3. The molecule has 0 aliphatic carbocycles. The molecule has 4 heterocycles. The first-order valence-electron chi connectivity index (χ1n) is 7.41. The van der Waals surface area contributed by atoms with E-state index in [1.165, 1.54) is 0 Å². The highest BCUT2D eigenvalue weighted by Gasteiger charge is 2.42. The Morgan fingerprint density at radius 2 is 1.95 bits per heavy atom. The van der Waals surface area contributed by atoms with Crippen molar-refractivity contribution in [2.45, 2.75) is 30.8 Å². The van der Waals surface area contributed by atoms with E-state index >= 15 is 0 Å². The first kappa shape index (κ1) is 12.8. The van der Waals surface area contributed by atoms with Crippen LogP contribution in [0.4, 0.5) is 0 Å². The van der Waals surface area contributed by atoms with E-state index in [1.807, 2.05) is 4.57 Å². The van der Waals surface area contributed by atoms with Crippen LogP contribution in [0.1, 0.15) is 18.7 Å². The van der Waals surface area contributed by atoms with Crippen LogP contribution in [0.2, 0.25) is 0 Å². The zero-order valence-corrected chi connectivity index (χ0v) is 12.3. The van der Waals surface area contributed by atoms with Gasteiger partial charge >= 0.3 is 0 Å².